The Balaban J connectivity index is 1.97. The molecule has 2 rings (SSSR count). The van der Waals surface area contributed by atoms with E-state index < -0.39 is 0 Å². The largest absolute Gasteiger partial charge is 0.307 e. The number of aryl methyl sites for hydroxylation is 1. The maximum absolute atomic E-state index is 5.99. The first-order valence-electron chi connectivity index (χ1n) is 5.51. The number of rotatable bonds is 3. The molecule has 0 radical (unpaired) electrons. The van der Waals surface area contributed by atoms with Gasteiger partial charge in [0.25, 0.3) is 0 Å². The first-order chi connectivity index (χ1) is 7.01. The van der Waals surface area contributed by atoms with Gasteiger partial charge in [-0.05, 0) is 43.4 Å². The minimum absolute atomic E-state index is 0.369. The van der Waals surface area contributed by atoms with E-state index in [2.05, 4.69) is 31.3 Å². The van der Waals surface area contributed by atoms with Crippen LogP contribution in [0.5, 0.6) is 0 Å². The second-order valence-electron chi connectivity index (χ2n) is 4.96. The third-order valence-electron chi connectivity index (χ3n) is 3.58. The minimum Gasteiger partial charge on any atom is -0.307 e. The molecule has 2 unspecified atom stereocenters. The number of benzene rings is 1. The summed E-state index contributed by atoms with van der Waals surface area (Å²) in [7, 11) is 0. The zero-order chi connectivity index (χ0) is 11.1. The van der Waals surface area contributed by atoms with Crippen molar-refractivity contribution in [1.82, 2.24) is 5.32 Å². The molecule has 1 aliphatic rings. The molecule has 1 fully saturated rings. The number of halogens is 1. The Labute approximate surface area is 96.8 Å². The summed E-state index contributed by atoms with van der Waals surface area (Å²) < 4.78 is 0. The van der Waals surface area contributed by atoms with Crippen molar-refractivity contribution >= 4 is 11.6 Å². The summed E-state index contributed by atoms with van der Waals surface area (Å²) in [4.78, 5) is 0. The molecule has 1 aromatic carbocycles. The average molecular weight is 224 g/mol. The van der Waals surface area contributed by atoms with Crippen LogP contribution in [0, 0.1) is 12.8 Å². The molecule has 2 atom stereocenters. The second-order valence-corrected chi connectivity index (χ2v) is 5.37. The van der Waals surface area contributed by atoms with Gasteiger partial charge in [0.1, 0.15) is 0 Å². The lowest BCUT2D eigenvalue weighted by Gasteiger charge is -2.13. The summed E-state index contributed by atoms with van der Waals surface area (Å²) in [5.41, 5.74) is 2.84. The lowest BCUT2D eigenvalue weighted by molar-refractivity contribution is 0.503. The fourth-order valence-electron chi connectivity index (χ4n) is 1.94. The third kappa shape index (κ3) is 2.35. The van der Waals surface area contributed by atoms with Gasteiger partial charge in [0.2, 0.25) is 0 Å². The Bertz CT molecular complexity index is 375. The predicted octanol–water partition coefficient (Wildman–Crippen LogP) is 3.54. The summed E-state index contributed by atoms with van der Waals surface area (Å²) in [5, 5.41) is 4.45. The van der Waals surface area contributed by atoms with Crippen molar-refractivity contribution < 1.29 is 0 Å². The van der Waals surface area contributed by atoms with Gasteiger partial charge in [0, 0.05) is 17.1 Å². The Kier molecular flexibility index (Phi) is 2.78. The van der Waals surface area contributed by atoms with Gasteiger partial charge < -0.3 is 5.32 Å². The van der Waals surface area contributed by atoms with Crippen LogP contribution in [-0.4, -0.2) is 5.54 Å². The molecular formula is C13H18ClN. The Hall–Kier alpha value is -0.530. The number of hydrogen-bond acceptors (Lipinski definition) is 1. The average Bonchev–Trinajstić information content (AvgIpc) is 2.78. The predicted molar refractivity (Wildman–Crippen MR) is 65.2 cm³/mol. The standard InChI is InChI=1S/C13H18ClN/c1-9-6-11(4-5-12(9)14)8-15-13(3)7-10(13)2/h4-6,10,15H,7-8H2,1-3H3. The van der Waals surface area contributed by atoms with E-state index in [1.165, 1.54) is 12.0 Å². The monoisotopic (exact) mass is 223 g/mol. The number of hydrogen-bond donors (Lipinski definition) is 1. The second kappa shape index (κ2) is 3.80. The molecule has 0 bridgehead atoms. The van der Waals surface area contributed by atoms with Crippen LogP contribution >= 0.6 is 11.6 Å². The Morgan fingerprint density at radius 2 is 2.20 bits per heavy atom. The highest BCUT2D eigenvalue weighted by Gasteiger charge is 2.45. The normalized spacial score (nSPS) is 29.2. The molecule has 1 nitrogen and oxygen atoms in total. The molecule has 2 heteroatoms. The molecule has 0 heterocycles. The smallest absolute Gasteiger partial charge is 0.0435 e. The fraction of sp³-hybridized carbons (Fsp3) is 0.538. The first-order valence-corrected chi connectivity index (χ1v) is 5.89. The molecule has 82 valence electrons. The summed E-state index contributed by atoms with van der Waals surface area (Å²) >= 11 is 5.99. The van der Waals surface area contributed by atoms with Crippen LogP contribution in [-0.2, 0) is 6.54 Å². The van der Waals surface area contributed by atoms with E-state index in [0.717, 1.165) is 23.0 Å². The highest BCUT2D eigenvalue weighted by atomic mass is 35.5. The van der Waals surface area contributed by atoms with Crippen molar-refractivity contribution in [3.8, 4) is 0 Å². The van der Waals surface area contributed by atoms with Gasteiger partial charge in [-0.2, -0.15) is 0 Å². The van der Waals surface area contributed by atoms with Crippen LogP contribution in [0.1, 0.15) is 31.4 Å². The summed E-state index contributed by atoms with van der Waals surface area (Å²) in [6.07, 6.45) is 1.29. The van der Waals surface area contributed by atoms with Gasteiger partial charge >= 0.3 is 0 Å². The van der Waals surface area contributed by atoms with Crippen molar-refractivity contribution in [2.45, 2.75) is 39.3 Å². The summed E-state index contributed by atoms with van der Waals surface area (Å²) in [6, 6.07) is 6.23. The van der Waals surface area contributed by atoms with E-state index in [-0.39, 0.29) is 0 Å². The fourth-order valence-corrected chi connectivity index (χ4v) is 2.06. The molecule has 0 aliphatic heterocycles. The van der Waals surface area contributed by atoms with Gasteiger partial charge in [-0.15, -0.1) is 0 Å². The molecule has 0 saturated heterocycles. The van der Waals surface area contributed by atoms with E-state index in [9.17, 15) is 0 Å². The Morgan fingerprint density at radius 3 is 2.73 bits per heavy atom. The maximum atomic E-state index is 5.99. The zero-order valence-electron chi connectivity index (χ0n) is 9.60. The summed E-state index contributed by atoms with van der Waals surface area (Å²) in [6.45, 7) is 7.58. The lowest BCUT2D eigenvalue weighted by atomic mass is 10.1. The van der Waals surface area contributed by atoms with Gasteiger partial charge in [-0.25, -0.2) is 0 Å². The molecule has 1 aliphatic carbocycles. The number of nitrogens with one attached hydrogen (secondary N) is 1. The molecule has 0 aromatic heterocycles. The first kappa shape index (κ1) is 11.0. The van der Waals surface area contributed by atoms with Crippen molar-refractivity contribution in [3.05, 3.63) is 34.3 Å². The molecule has 1 saturated carbocycles. The van der Waals surface area contributed by atoms with Crippen molar-refractivity contribution in [2.75, 3.05) is 0 Å². The molecule has 1 N–H and O–H groups in total. The van der Waals surface area contributed by atoms with Crippen LogP contribution in [0.4, 0.5) is 0 Å². The Morgan fingerprint density at radius 1 is 1.53 bits per heavy atom. The molecule has 0 spiro atoms. The lowest BCUT2D eigenvalue weighted by Crippen LogP contribution is -2.29. The van der Waals surface area contributed by atoms with Crippen molar-refractivity contribution in [1.29, 1.82) is 0 Å². The maximum Gasteiger partial charge on any atom is 0.0435 e. The van der Waals surface area contributed by atoms with E-state index >= 15 is 0 Å². The van der Waals surface area contributed by atoms with Crippen LogP contribution in [0.3, 0.4) is 0 Å². The van der Waals surface area contributed by atoms with E-state index in [1.807, 2.05) is 13.0 Å². The topological polar surface area (TPSA) is 12.0 Å². The van der Waals surface area contributed by atoms with E-state index in [4.69, 9.17) is 11.6 Å². The minimum atomic E-state index is 0.369. The van der Waals surface area contributed by atoms with Crippen molar-refractivity contribution in [2.24, 2.45) is 5.92 Å². The van der Waals surface area contributed by atoms with Gasteiger partial charge in [-0.3, -0.25) is 0 Å². The summed E-state index contributed by atoms with van der Waals surface area (Å²) in [5.74, 6) is 0.811. The van der Waals surface area contributed by atoms with Gasteiger partial charge in [0.15, 0.2) is 0 Å². The SMILES string of the molecule is Cc1cc(CNC2(C)CC2C)ccc1Cl. The third-order valence-corrected chi connectivity index (χ3v) is 4.00. The highest BCUT2D eigenvalue weighted by Crippen LogP contribution is 2.42. The van der Waals surface area contributed by atoms with Crippen LogP contribution < -0.4 is 5.32 Å². The van der Waals surface area contributed by atoms with Crippen LogP contribution in [0.2, 0.25) is 5.02 Å². The molecule has 15 heavy (non-hydrogen) atoms. The van der Waals surface area contributed by atoms with E-state index in [1.54, 1.807) is 0 Å². The highest BCUT2D eigenvalue weighted by molar-refractivity contribution is 6.31. The van der Waals surface area contributed by atoms with E-state index in [0.29, 0.717) is 5.54 Å². The van der Waals surface area contributed by atoms with Gasteiger partial charge in [-0.1, -0.05) is 30.7 Å². The van der Waals surface area contributed by atoms with Crippen molar-refractivity contribution in [3.63, 3.8) is 0 Å². The zero-order valence-corrected chi connectivity index (χ0v) is 10.4. The molecule has 0 amide bonds. The quantitative estimate of drug-likeness (QED) is 0.827. The van der Waals surface area contributed by atoms with Gasteiger partial charge in [0.05, 0.1) is 0 Å². The van der Waals surface area contributed by atoms with Crippen LogP contribution in [0.15, 0.2) is 18.2 Å². The molecular weight excluding hydrogens is 206 g/mol. The van der Waals surface area contributed by atoms with Crippen LogP contribution in [0.25, 0.3) is 0 Å². The molecule has 1 aromatic rings.